The van der Waals surface area contributed by atoms with E-state index in [9.17, 15) is 4.79 Å². The van der Waals surface area contributed by atoms with Crippen LogP contribution in [0.4, 0.5) is 10.6 Å². The van der Waals surface area contributed by atoms with Crippen LogP contribution in [0.15, 0.2) is 42.5 Å². The summed E-state index contributed by atoms with van der Waals surface area (Å²) in [5.74, 6) is 1.06. The van der Waals surface area contributed by atoms with Gasteiger partial charge in [0.2, 0.25) is 0 Å². The van der Waals surface area contributed by atoms with E-state index in [1.165, 1.54) is 0 Å². The summed E-state index contributed by atoms with van der Waals surface area (Å²) in [6, 6.07) is 14.6. The van der Waals surface area contributed by atoms with E-state index in [1.807, 2.05) is 44.2 Å². The second-order valence-electron chi connectivity index (χ2n) is 6.09. The molecule has 3 aromatic rings. The van der Waals surface area contributed by atoms with E-state index in [-0.39, 0.29) is 18.7 Å². The van der Waals surface area contributed by atoms with Crippen molar-refractivity contribution in [2.45, 2.75) is 26.5 Å². The Kier molecular flexibility index (Phi) is 5.04. The lowest BCUT2D eigenvalue weighted by atomic mass is 10.1. The maximum atomic E-state index is 11.9. The van der Waals surface area contributed by atoms with Gasteiger partial charge >= 0.3 is 6.03 Å². The third-order valence-corrected chi connectivity index (χ3v) is 3.72. The van der Waals surface area contributed by atoms with Gasteiger partial charge < -0.3 is 10.1 Å². The Hall–Kier alpha value is -3.53. The van der Waals surface area contributed by atoms with Crippen LogP contribution in [0, 0.1) is 11.3 Å². The quantitative estimate of drug-likeness (QED) is 0.655. The van der Waals surface area contributed by atoms with Gasteiger partial charge in [0.15, 0.2) is 5.82 Å². The van der Waals surface area contributed by atoms with Gasteiger partial charge in [-0.2, -0.15) is 10.4 Å². The summed E-state index contributed by atoms with van der Waals surface area (Å²) in [7, 11) is 0. The Labute approximate surface area is 151 Å². The number of aromatic amines is 1. The van der Waals surface area contributed by atoms with Crippen LogP contribution in [0.25, 0.3) is 10.9 Å². The molecule has 2 aromatic carbocycles. The highest BCUT2D eigenvalue weighted by Crippen LogP contribution is 2.26. The SMILES string of the molecule is CC(C)NC(=O)Nc1n[nH]c2ccc(OCc3ccccc3C#N)cc12. The fourth-order valence-corrected chi connectivity index (χ4v) is 2.50. The van der Waals surface area contributed by atoms with Gasteiger partial charge in [-0.1, -0.05) is 18.2 Å². The molecule has 0 atom stereocenters. The summed E-state index contributed by atoms with van der Waals surface area (Å²) in [5, 5.41) is 22.4. The molecule has 7 nitrogen and oxygen atoms in total. The van der Waals surface area contributed by atoms with Gasteiger partial charge in [-0.05, 0) is 38.1 Å². The topological polar surface area (TPSA) is 103 Å². The number of ether oxygens (including phenoxy) is 1. The third-order valence-electron chi connectivity index (χ3n) is 3.72. The van der Waals surface area contributed by atoms with Gasteiger partial charge in [0, 0.05) is 17.0 Å². The van der Waals surface area contributed by atoms with E-state index in [2.05, 4.69) is 26.9 Å². The Morgan fingerprint density at radius 1 is 1.31 bits per heavy atom. The zero-order valence-electron chi connectivity index (χ0n) is 14.5. The molecule has 2 amide bonds. The van der Waals surface area contributed by atoms with Gasteiger partial charge in [-0.15, -0.1) is 0 Å². The first kappa shape index (κ1) is 17.3. The summed E-state index contributed by atoms with van der Waals surface area (Å²) in [6.45, 7) is 4.05. The Morgan fingerprint density at radius 2 is 2.12 bits per heavy atom. The highest BCUT2D eigenvalue weighted by Gasteiger charge is 2.11. The lowest BCUT2D eigenvalue weighted by molar-refractivity contribution is 0.250. The average Bonchev–Trinajstić information content (AvgIpc) is 3.01. The predicted molar refractivity (Wildman–Crippen MR) is 98.9 cm³/mol. The average molecular weight is 349 g/mol. The molecule has 0 aliphatic carbocycles. The standard InChI is InChI=1S/C19H19N5O2/c1-12(2)21-19(25)22-18-16-9-15(7-8-17(16)23-24-18)26-11-14-6-4-3-5-13(14)10-20/h3-9,12H,11H2,1-2H3,(H3,21,22,23,24,25). The molecule has 0 fully saturated rings. The minimum Gasteiger partial charge on any atom is -0.489 e. The first-order valence-electron chi connectivity index (χ1n) is 8.23. The number of carbonyl (C=O) groups excluding carboxylic acids is 1. The van der Waals surface area contributed by atoms with Crippen molar-refractivity contribution in [3.05, 3.63) is 53.6 Å². The molecule has 0 spiro atoms. The largest absolute Gasteiger partial charge is 0.489 e. The van der Waals surface area contributed by atoms with Crippen LogP contribution in [0.2, 0.25) is 0 Å². The van der Waals surface area contributed by atoms with Crippen LogP contribution in [-0.4, -0.2) is 22.3 Å². The Balaban J connectivity index is 1.77. The lowest BCUT2D eigenvalue weighted by Crippen LogP contribution is -2.34. The maximum Gasteiger partial charge on any atom is 0.320 e. The fourth-order valence-electron chi connectivity index (χ4n) is 2.50. The number of hydrogen-bond acceptors (Lipinski definition) is 4. The van der Waals surface area contributed by atoms with Gasteiger partial charge in [0.25, 0.3) is 0 Å². The van der Waals surface area contributed by atoms with Crippen molar-refractivity contribution in [1.82, 2.24) is 15.5 Å². The van der Waals surface area contributed by atoms with E-state index >= 15 is 0 Å². The van der Waals surface area contributed by atoms with Crippen molar-refractivity contribution in [2.24, 2.45) is 0 Å². The zero-order chi connectivity index (χ0) is 18.5. The minimum atomic E-state index is -0.317. The van der Waals surface area contributed by atoms with Gasteiger partial charge in [-0.25, -0.2) is 4.79 Å². The summed E-state index contributed by atoms with van der Waals surface area (Å²) in [6.07, 6.45) is 0. The summed E-state index contributed by atoms with van der Waals surface area (Å²) in [4.78, 5) is 11.9. The van der Waals surface area contributed by atoms with Crippen LogP contribution in [0.1, 0.15) is 25.0 Å². The predicted octanol–water partition coefficient (Wildman–Crippen LogP) is 3.54. The van der Waals surface area contributed by atoms with Gasteiger partial charge in [-0.3, -0.25) is 10.4 Å². The molecule has 0 unspecified atom stereocenters. The zero-order valence-corrected chi connectivity index (χ0v) is 14.5. The second-order valence-corrected chi connectivity index (χ2v) is 6.09. The van der Waals surface area contributed by atoms with E-state index in [1.54, 1.807) is 12.1 Å². The van der Waals surface area contributed by atoms with E-state index in [4.69, 9.17) is 10.00 Å². The third kappa shape index (κ3) is 3.92. The van der Waals surface area contributed by atoms with Crippen molar-refractivity contribution in [2.75, 3.05) is 5.32 Å². The van der Waals surface area contributed by atoms with Crippen molar-refractivity contribution in [3.63, 3.8) is 0 Å². The number of urea groups is 1. The Morgan fingerprint density at radius 3 is 2.88 bits per heavy atom. The molecule has 1 aromatic heterocycles. The number of amides is 2. The number of nitrogens with zero attached hydrogens (tertiary/aromatic N) is 2. The van der Waals surface area contributed by atoms with Crippen molar-refractivity contribution >= 4 is 22.8 Å². The van der Waals surface area contributed by atoms with Crippen LogP contribution >= 0.6 is 0 Å². The molecule has 7 heteroatoms. The van der Waals surface area contributed by atoms with E-state index < -0.39 is 0 Å². The number of carbonyl (C=O) groups is 1. The first-order valence-corrected chi connectivity index (χ1v) is 8.23. The number of rotatable bonds is 5. The van der Waals surface area contributed by atoms with Crippen molar-refractivity contribution in [3.8, 4) is 11.8 Å². The van der Waals surface area contributed by atoms with Gasteiger partial charge in [0.1, 0.15) is 12.4 Å². The van der Waals surface area contributed by atoms with Gasteiger partial charge in [0.05, 0.1) is 17.1 Å². The lowest BCUT2D eigenvalue weighted by Gasteiger charge is -2.09. The highest BCUT2D eigenvalue weighted by atomic mass is 16.5. The second kappa shape index (κ2) is 7.57. The number of benzene rings is 2. The summed E-state index contributed by atoms with van der Waals surface area (Å²) >= 11 is 0. The molecule has 0 radical (unpaired) electrons. The van der Waals surface area contributed by atoms with Crippen LogP contribution < -0.4 is 15.4 Å². The molecular weight excluding hydrogens is 330 g/mol. The number of anilines is 1. The molecule has 132 valence electrons. The monoisotopic (exact) mass is 349 g/mol. The fraction of sp³-hybridized carbons (Fsp3) is 0.211. The Bertz CT molecular complexity index is 971. The molecule has 3 N–H and O–H groups in total. The number of nitriles is 1. The summed E-state index contributed by atoms with van der Waals surface area (Å²) in [5.41, 5.74) is 2.19. The van der Waals surface area contributed by atoms with Crippen LogP contribution in [0.5, 0.6) is 5.75 Å². The maximum absolute atomic E-state index is 11.9. The van der Waals surface area contributed by atoms with E-state index in [0.717, 1.165) is 16.5 Å². The number of nitrogens with one attached hydrogen (secondary N) is 3. The molecule has 0 saturated carbocycles. The van der Waals surface area contributed by atoms with E-state index in [0.29, 0.717) is 17.1 Å². The number of hydrogen-bond donors (Lipinski definition) is 3. The van der Waals surface area contributed by atoms with Crippen LogP contribution in [-0.2, 0) is 6.61 Å². The van der Waals surface area contributed by atoms with Crippen molar-refractivity contribution in [1.29, 1.82) is 5.26 Å². The van der Waals surface area contributed by atoms with Crippen LogP contribution in [0.3, 0.4) is 0 Å². The summed E-state index contributed by atoms with van der Waals surface area (Å²) < 4.78 is 5.82. The first-order chi connectivity index (χ1) is 12.6. The molecule has 1 heterocycles. The molecule has 0 saturated heterocycles. The number of H-pyrrole nitrogens is 1. The smallest absolute Gasteiger partial charge is 0.320 e. The number of fused-ring (bicyclic) bond motifs is 1. The molecule has 0 bridgehead atoms. The molecule has 0 aliphatic heterocycles. The molecular formula is C19H19N5O2. The molecule has 26 heavy (non-hydrogen) atoms. The molecule has 3 rings (SSSR count). The highest BCUT2D eigenvalue weighted by molar-refractivity contribution is 5.99. The van der Waals surface area contributed by atoms with Crippen molar-refractivity contribution < 1.29 is 9.53 Å². The normalized spacial score (nSPS) is 10.5. The minimum absolute atomic E-state index is 0.0271. The molecule has 0 aliphatic rings. The number of aromatic nitrogens is 2.